The predicted molar refractivity (Wildman–Crippen MR) is 68.3 cm³/mol. The molecule has 18 heavy (non-hydrogen) atoms. The maximum absolute atomic E-state index is 4.16. The van der Waals surface area contributed by atoms with Gasteiger partial charge in [0.15, 0.2) is 0 Å². The summed E-state index contributed by atoms with van der Waals surface area (Å²) in [5.74, 6) is 5.95. The van der Waals surface area contributed by atoms with Crippen molar-refractivity contribution in [2.45, 2.75) is 27.3 Å². The van der Waals surface area contributed by atoms with Crippen LogP contribution in [0.5, 0.6) is 0 Å². The van der Waals surface area contributed by atoms with Crippen molar-refractivity contribution in [3.05, 3.63) is 48.0 Å². The number of rotatable bonds is 1. The van der Waals surface area contributed by atoms with E-state index in [4.69, 9.17) is 0 Å². The van der Waals surface area contributed by atoms with Crippen LogP contribution in [0.4, 0.5) is 0 Å². The number of pyridine rings is 1. The van der Waals surface area contributed by atoms with E-state index in [0.29, 0.717) is 6.54 Å². The molecule has 91 valence electrons. The van der Waals surface area contributed by atoms with Gasteiger partial charge in [0.05, 0.1) is 0 Å². The standard InChI is InChI=1S/C12H10N3.C2H6.Y/c1-11-5-6-12(13-10-11)4-2-8-15-9-3-7-14-15;1-2;/h3,6-7,9-10H,8H2,1H3;1-2H3;/q-1;;. The molecule has 0 aliphatic rings. The first-order valence-electron chi connectivity index (χ1n) is 5.65. The van der Waals surface area contributed by atoms with Gasteiger partial charge in [-0.25, -0.2) is 0 Å². The summed E-state index contributed by atoms with van der Waals surface area (Å²) in [6, 6.07) is 6.73. The SMILES string of the molecule is CC.Cc1[c-]cc(C#CCn2cccn2)nc1.[Y]. The minimum atomic E-state index is 0. The van der Waals surface area contributed by atoms with Gasteiger partial charge in [0.1, 0.15) is 6.54 Å². The van der Waals surface area contributed by atoms with E-state index in [0.717, 1.165) is 11.3 Å². The van der Waals surface area contributed by atoms with E-state index >= 15 is 0 Å². The summed E-state index contributed by atoms with van der Waals surface area (Å²) in [6.45, 7) is 6.54. The van der Waals surface area contributed by atoms with Gasteiger partial charge in [-0.1, -0.05) is 32.9 Å². The molecule has 2 aromatic heterocycles. The summed E-state index contributed by atoms with van der Waals surface area (Å²) in [6.07, 6.45) is 5.38. The van der Waals surface area contributed by atoms with E-state index < -0.39 is 0 Å². The van der Waals surface area contributed by atoms with E-state index in [-0.39, 0.29) is 32.7 Å². The Balaban J connectivity index is 0.000000917. The second-order valence-corrected chi connectivity index (χ2v) is 3.12. The number of aryl methyl sites for hydroxylation is 1. The molecule has 0 atom stereocenters. The average molecular weight is 315 g/mol. The molecule has 0 saturated heterocycles. The van der Waals surface area contributed by atoms with Crippen molar-refractivity contribution in [1.82, 2.24) is 14.8 Å². The van der Waals surface area contributed by atoms with Crippen LogP contribution in [0.1, 0.15) is 25.1 Å². The summed E-state index contributed by atoms with van der Waals surface area (Å²) in [7, 11) is 0. The molecule has 2 heterocycles. The van der Waals surface area contributed by atoms with Crippen molar-refractivity contribution in [2.75, 3.05) is 0 Å². The first-order valence-corrected chi connectivity index (χ1v) is 5.65. The van der Waals surface area contributed by atoms with Crippen LogP contribution in [-0.4, -0.2) is 14.8 Å². The fourth-order valence-corrected chi connectivity index (χ4v) is 1.10. The zero-order valence-corrected chi connectivity index (χ0v) is 13.9. The largest absolute Gasteiger partial charge is 0.375 e. The second kappa shape index (κ2) is 9.99. The molecule has 0 N–H and O–H groups in total. The van der Waals surface area contributed by atoms with Crippen LogP contribution < -0.4 is 0 Å². The quantitative estimate of drug-likeness (QED) is 0.598. The van der Waals surface area contributed by atoms with E-state index in [1.165, 1.54) is 0 Å². The molecule has 3 nitrogen and oxygen atoms in total. The summed E-state index contributed by atoms with van der Waals surface area (Å²) in [5, 5.41) is 4.05. The summed E-state index contributed by atoms with van der Waals surface area (Å²) < 4.78 is 1.77. The third kappa shape index (κ3) is 6.09. The van der Waals surface area contributed by atoms with Crippen LogP contribution in [-0.2, 0) is 39.3 Å². The Labute approximate surface area is 134 Å². The van der Waals surface area contributed by atoms with Crippen molar-refractivity contribution >= 4 is 0 Å². The van der Waals surface area contributed by atoms with Crippen LogP contribution in [0.15, 0.2) is 30.7 Å². The Morgan fingerprint density at radius 3 is 2.72 bits per heavy atom. The fourth-order valence-electron chi connectivity index (χ4n) is 1.10. The van der Waals surface area contributed by atoms with Crippen molar-refractivity contribution in [2.24, 2.45) is 0 Å². The van der Waals surface area contributed by atoms with Crippen LogP contribution in [0.25, 0.3) is 0 Å². The van der Waals surface area contributed by atoms with Crippen molar-refractivity contribution in [3.8, 4) is 11.8 Å². The molecule has 0 aromatic carbocycles. The van der Waals surface area contributed by atoms with Gasteiger partial charge < -0.3 is 4.98 Å². The molecule has 2 aromatic rings. The molecule has 0 fully saturated rings. The topological polar surface area (TPSA) is 30.7 Å². The van der Waals surface area contributed by atoms with E-state index in [1.54, 1.807) is 23.1 Å². The second-order valence-electron chi connectivity index (χ2n) is 3.12. The number of nitrogens with zero attached hydrogens (tertiary/aromatic N) is 3. The Bertz CT molecular complexity index is 478. The normalized spacial score (nSPS) is 8.17. The van der Waals surface area contributed by atoms with E-state index in [2.05, 4.69) is 28.0 Å². The van der Waals surface area contributed by atoms with Crippen molar-refractivity contribution < 1.29 is 32.7 Å². The van der Waals surface area contributed by atoms with Gasteiger partial charge in [-0.3, -0.25) is 4.68 Å². The zero-order chi connectivity index (χ0) is 12.5. The molecule has 0 aliphatic heterocycles. The van der Waals surface area contributed by atoms with Crippen LogP contribution >= 0.6 is 0 Å². The Hall–Kier alpha value is -0.976. The maximum atomic E-state index is 4.16. The molecule has 2 rings (SSSR count). The molecule has 1 radical (unpaired) electrons. The zero-order valence-electron chi connectivity index (χ0n) is 11.0. The van der Waals surface area contributed by atoms with Gasteiger partial charge in [-0.15, -0.1) is 17.6 Å². The Morgan fingerprint density at radius 1 is 1.39 bits per heavy atom. The molecule has 0 saturated carbocycles. The summed E-state index contributed by atoms with van der Waals surface area (Å²) >= 11 is 0. The number of aromatic nitrogens is 3. The number of hydrogen-bond acceptors (Lipinski definition) is 2. The molecular weight excluding hydrogens is 299 g/mol. The number of hydrogen-bond donors (Lipinski definition) is 0. The Kier molecular flexibility index (Phi) is 9.45. The van der Waals surface area contributed by atoms with Crippen LogP contribution in [0, 0.1) is 24.8 Å². The molecule has 0 bridgehead atoms. The molecule has 0 aliphatic carbocycles. The molecular formula is C14H16N3Y-. The van der Waals surface area contributed by atoms with Crippen molar-refractivity contribution in [3.63, 3.8) is 0 Å². The van der Waals surface area contributed by atoms with Crippen LogP contribution in [0.2, 0.25) is 0 Å². The first kappa shape index (κ1) is 17.0. The fraction of sp³-hybridized carbons (Fsp3) is 0.286. The average Bonchev–Trinajstić information content (AvgIpc) is 2.87. The van der Waals surface area contributed by atoms with Gasteiger partial charge in [-0.2, -0.15) is 11.2 Å². The molecule has 0 spiro atoms. The minimum Gasteiger partial charge on any atom is -0.375 e. The summed E-state index contributed by atoms with van der Waals surface area (Å²) in [5.41, 5.74) is 1.76. The first-order chi connectivity index (χ1) is 8.34. The van der Waals surface area contributed by atoms with Crippen molar-refractivity contribution in [1.29, 1.82) is 0 Å². The molecule has 0 unspecified atom stereocenters. The van der Waals surface area contributed by atoms with Gasteiger partial charge in [0.2, 0.25) is 0 Å². The maximum Gasteiger partial charge on any atom is 0.101 e. The predicted octanol–water partition coefficient (Wildman–Crippen LogP) is 2.46. The molecule has 4 heteroatoms. The third-order valence-electron chi connectivity index (χ3n) is 1.85. The van der Waals surface area contributed by atoms with Crippen LogP contribution in [0.3, 0.4) is 0 Å². The van der Waals surface area contributed by atoms with Gasteiger partial charge >= 0.3 is 0 Å². The monoisotopic (exact) mass is 315 g/mol. The van der Waals surface area contributed by atoms with E-state index in [1.807, 2.05) is 33.0 Å². The van der Waals surface area contributed by atoms with Gasteiger partial charge in [0, 0.05) is 45.1 Å². The third-order valence-corrected chi connectivity index (χ3v) is 1.85. The van der Waals surface area contributed by atoms with Gasteiger partial charge in [0.25, 0.3) is 0 Å². The minimum absolute atomic E-state index is 0. The van der Waals surface area contributed by atoms with E-state index in [9.17, 15) is 0 Å². The summed E-state index contributed by atoms with van der Waals surface area (Å²) in [4.78, 5) is 4.16. The smallest absolute Gasteiger partial charge is 0.101 e. The van der Waals surface area contributed by atoms with Gasteiger partial charge in [-0.05, 0) is 11.8 Å². The molecule has 0 amide bonds. The Morgan fingerprint density at radius 2 is 2.17 bits per heavy atom.